The van der Waals surface area contributed by atoms with Gasteiger partial charge < -0.3 is 10.2 Å². The molecule has 0 bridgehead atoms. The van der Waals surface area contributed by atoms with E-state index in [1.807, 2.05) is 0 Å². The van der Waals surface area contributed by atoms with Crippen molar-refractivity contribution in [2.45, 2.75) is 18.1 Å². The van der Waals surface area contributed by atoms with E-state index in [-0.39, 0.29) is 27.3 Å². The minimum absolute atomic E-state index is 0.0258. The van der Waals surface area contributed by atoms with Crippen LogP contribution in [0, 0.1) is 0 Å². The van der Waals surface area contributed by atoms with Crippen LogP contribution >= 0.6 is 0 Å². The molecule has 0 unspecified atom stereocenters. The summed E-state index contributed by atoms with van der Waals surface area (Å²) in [4.78, 5) is 8.03. The lowest BCUT2D eigenvalue weighted by Gasteiger charge is -2.27. The van der Waals surface area contributed by atoms with Crippen LogP contribution in [0.4, 0.5) is 26.3 Å². The first-order chi connectivity index (χ1) is 13.4. The smallest absolute Gasteiger partial charge is 0.355 e. The molecule has 4 rings (SSSR count). The minimum atomic E-state index is -5.56. The fourth-order valence-electron chi connectivity index (χ4n) is 3.33. The lowest BCUT2D eigenvalue weighted by molar-refractivity contribution is -0.357. The first-order valence-electron chi connectivity index (χ1n) is 8.12. The van der Waals surface area contributed by atoms with Crippen molar-refractivity contribution in [3.8, 4) is 0 Å². The lowest BCUT2D eigenvalue weighted by atomic mass is 9.93. The van der Waals surface area contributed by atoms with E-state index < -0.39 is 34.7 Å². The highest BCUT2D eigenvalue weighted by molar-refractivity contribution is 6.10. The molecule has 0 saturated heterocycles. The molecular weight excluding hydrogens is 402 g/mol. The molecular formula is C19H10F6N2O2. The van der Waals surface area contributed by atoms with Gasteiger partial charge >= 0.3 is 12.4 Å². The fraction of sp³-hybridized carbons (Fsp3) is 0.158. The second-order valence-corrected chi connectivity index (χ2v) is 6.39. The van der Waals surface area contributed by atoms with Gasteiger partial charge in [0.25, 0.3) is 5.79 Å². The SMILES string of the molecule is OC(O)(c1cc2c(C(F)(F)F)c3ccccc3nc2c2ncccc12)C(F)(F)F. The molecule has 0 fully saturated rings. The van der Waals surface area contributed by atoms with Crippen LogP contribution in [0.2, 0.25) is 0 Å². The van der Waals surface area contributed by atoms with Crippen molar-refractivity contribution in [2.24, 2.45) is 0 Å². The van der Waals surface area contributed by atoms with Crippen molar-refractivity contribution >= 4 is 32.7 Å². The Balaban J connectivity index is 2.30. The zero-order chi connectivity index (χ0) is 21.2. The standard InChI is InChI=1S/C19H10F6N2O2/c20-18(21,22)14-10-4-1-2-6-13(10)27-16-11(14)8-12(17(28,29)19(23,24)25)9-5-3-7-26-15(9)16/h1-8,28-29H. The number of fused-ring (bicyclic) bond motifs is 4. The third-order valence-electron chi connectivity index (χ3n) is 4.60. The van der Waals surface area contributed by atoms with E-state index in [1.165, 1.54) is 30.5 Å². The summed E-state index contributed by atoms with van der Waals surface area (Å²) in [5.41, 5.74) is -3.03. The van der Waals surface area contributed by atoms with Gasteiger partial charge in [-0.25, -0.2) is 4.98 Å². The lowest BCUT2D eigenvalue weighted by Crippen LogP contribution is -2.42. The van der Waals surface area contributed by atoms with Crippen molar-refractivity contribution in [1.82, 2.24) is 9.97 Å². The Bertz CT molecular complexity index is 1260. The highest BCUT2D eigenvalue weighted by atomic mass is 19.4. The molecule has 2 aromatic carbocycles. The Morgan fingerprint density at radius 2 is 1.41 bits per heavy atom. The Morgan fingerprint density at radius 3 is 2.07 bits per heavy atom. The predicted molar refractivity (Wildman–Crippen MR) is 91.7 cm³/mol. The number of benzene rings is 2. The number of pyridine rings is 2. The number of aromatic nitrogens is 2. The van der Waals surface area contributed by atoms with Gasteiger partial charge in [0.2, 0.25) is 0 Å². The summed E-state index contributed by atoms with van der Waals surface area (Å²) in [7, 11) is 0. The van der Waals surface area contributed by atoms with Gasteiger partial charge in [-0.05, 0) is 18.2 Å². The second kappa shape index (κ2) is 6.01. The molecule has 2 aromatic heterocycles. The largest absolute Gasteiger partial charge is 0.447 e. The highest BCUT2D eigenvalue weighted by Crippen LogP contribution is 2.45. The van der Waals surface area contributed by atoms with E-state index in [0.29, 0.717) is 6.07 Å². The van der Waals surface area contributed by atoms with E-state index in [0.717, 1.165) is 12.1 Å². The first kappa shape index (κ1) is 19.3. The average Bonchev–Trinajstić information content (AvgIpc) is 2.63. The van der Waals surface area contributed by atoms with Crippen LogP contribution in [0.5, 0.6) is 0 Å². The van der Waals surface area contributed by atoms with Crippen LogP contribution in [0.15, 0.2) is 48.7 Å². The number of hydrogen-bond acceptors (Lipinski definition) is 4. The van der Waals surface area contributed by atoms with Crippen molar-refractivity contribution < 1.29 is 36.6 Å². The Labute approximate surface area is 158 Å². The van der Waals surface area contributed by atoms with Gasteiger partial charge in [0.1, 0.15) is 0 Å². The van der Waals surface area contributed by atoms with Gasteiger partial charge in [-0.15, -0.1) is 0 Å². The van der Waals surface area contributed by atoms with E-state index in [9.17, 15) is 36.6 Å². The van der Waals surface area contributed by atoms with Crippen molar-refractivity contribution in [1.29, 1.82) is 0 Å². The molecule has 2 heterocycles. The monoisotopic (exact) mass is 412 g/mol. The molecule has 0 aliphatic heterocycles. The van der Waals surface area contributed by atoms with E-state index in [4.69, 9.17) is 0 Å². The second-order valence-electron chi connectivity index (χ2n) is 6.39. The zero-order valence-corrected chi connectivity index (χ0v) is 14.2. The topological polar surface area (TPSA) is 66.2 Å². The maximum atomic E-state index is 13.9. The zero-order valence-electron chi connectivity index (χ0n) is 14.2. The van der Waals surface area contributed by atoms with Gasteiger partial charge in [-0.3, -0.25) is 4.98 Å². The summed E-state index contributed by atoms with van der Waals surface area (Å²) in [5, 5.41) is 18.2. The maximum absolute atomic E-state index is 13.9. The number of rotatable bonds is 1. The number of halogens is 6. The van der Waals surface area contributed by atoms with E-state index >= 15 is 0 Å². The first-order valence-corrected chi connectivity index (χ1v) is 8.12. The van der Waals surface area contributed by atoms with Crippen LogP contribution in [-0.2, 0) is 12.0 Å². The van der Waals surface area contributed by atoms with Crippen LogP contribution in [0.25, 0.3) is 32.7 Å². The summed E-state index contributed by atoms with van der Waals surface area (Å²) in [6.07, 6.45) is -9.35. The molecule has 0 aliphatic carbocycles. The number of hydrogen-bond donors (Lipinski definition) is 2. The summed E-state index contributed by atoms with van der Waals surface area (Å²) in [6, 6.07) is 8.09. The molecule has 4 nitrogen and oxygen atoms in total. The van der Waals surface area contributed by atoms with Gasteiger partial charge in [-0.2, -0.15) is 26.3 Å². The molecule has 4 aromatic rings. The van der Waals surface area contributed by atoms with Crippen molar-refractivity contribution in [2.75, 3.05) is 0 Å². The third kappa shape index (κ3) is 2.87. The number of aliphatic hydroxyl groups is 2. The molecule has 0 aliphatic rings. The number of para-hydroxylation sites is 1. The molecule has 150 valence electrons. The Kier molecular flexibility index (Phi) is 4.01. The summed E-state index contributed by atoms with van der Waals surface area (Å²) < 4.78 is 81.6. The quantitative estimate of drug-likeness (QED) is 0.207. The Hall–Kier alpha value is -2.98. The van der Waals surface area contributed by atoms with Gasteiger partial charge in [0.05, 0.1) is 22.1 Å². The van der Waals surface area contributed by atoms with Gasteiger partial charge in [-0.1, -0.05) is 24.3 Å². The normalized spacial score (nSPS) is 13.5. The summed E-state index contributed by atoms with van der Waals surface area (Å²) in [5.74, 6) is -4.39. The van der Waals surface area contributed by atoms with Gasteiger partial charge in [0.15, 0.2) is 0 Å². The minimum Gasteiger partial charge on any atom is -0.355 e. The average molecular weight is 412 g/mol. The van der Waals surface area contributed by atoms with Gasteiger partial charge in [0, 0.05) is 27.9 Å². The van der Waals surface area contributed by atoms with Crippen molar-refractivity contribution in [3.05, 3.63) is 59.8 Å². The molecule has 10 heteroatoms. The molecule has 2 N–H and O–H groups in total. The molecule has 0 saturated carbocycles. The summed E-state index contributed by atoms with van der Waals surface area (Å²) in [6.45, 7) is 0. The summed E-state index contributed by atoms with van der Waals surface area (Å²) >= 11 is 0. The number of alkyl halides is 6. The highest BCUT2D eigenvalue weighted by Gasteiger charge is 2.55. The third-order valence-corrected chi connectivity index (χ3v) is 4.60. The predicted octanol–water partition coefficient (Wildman–Crippen LogP) is 4.65. The Morgan fingerprint density at radius 1 is 0.759 bits per heavy atom. The van der Waals surface area contributed by atoms with Crippen LogP contribution in [-0.4, -0.2) is 26.4 Å². The maximum Gasteiger partial charge on any atom is 0.447 e. The van der Waals surface area contributed by atoms with E-state index in [2.05, 4.69) is 9.97 Å². The van der Waals surface area contributed by atoms with Crippen LogP contribution in [0.1, 0.15) is 11.1 Å². The fourth-order valence-corrected chi connectivity index (χ4v) is 3.33. The molecule has 0 spiro atoms. The van der Waals surface area contributed by atoms with E-state index in [1.54, 1.807) is 0 Å². The van der Waals surface area contributed by atoms with Crippen LogP contribution < -0.4 is 0 Å². The molecule has 0 amide bonds. The number of nitrogens with zero attached hydrogens (tertiary/aromatic N) is 2. The van der Waals surface area contributed by atoms with Crippen molar-refractivity contribution in [3.63, 3.8) is 0 Å². The van der Waals surface area contributed by atoms with Crippen LogP contribution in [0.3, 0.4) is 0 Å². The molecule has 0 atom stereocenters. The molecule has 29 heavy (non-hydrogen) atoms. The molecule has 0 radical (unpaired) electrons.